The van der Waals surface area contributed by atoms with E-state index in [1.807, 2.05) is 6.92 Å². The zero-order chi connectivity index (χ0) is 9.84. The van der Waals surface area contributed by atoms with Crippen LogP contribution in [0.5, 0.6) is 0 Å². The maximum atomic E-state index is 11.2. The molecule has 0 unspecified atom stereocenters. The first kappa shape index (κ1) is 9.92. The first-order chi connectivity index (χ1) is 6.20. The number of ether oxygens (including phenoxy) is 1. The van der Waals surface area contributed by atoms with Gasteiger partial charge in [0, 0.05) is 5.56 Å². The van der Waals surface area contributed by atoms with E-state index < -0.39 is 5.97 Å². The molecule has 0 amide bonds. The Morgan fingerprint density at radius 1 is 1.62 bits per heavy atom. The molecule has 0 fully saturated rings. The number of esters is 1. The van der Waals surface area contributed by atoms with Crippen LogP contribution in [0.1, 0.15) is 23.0 Å². The maximum absolute atomic E-state index is 11.2. The Morgan fingerprint density at radius 3 is 2.85 bits per heavy atom. The summed E-state index contributed by atoms with van der Waals surface area (Å²) in [5.74, 6) is -0.485. The standard InChI is InChI=1S/C8H9ClN2O2/c1-3-5-6(8(12)13-2)10-4-11-7(5)9/h4H,3H2,1-2H3. The topological polar surface area (TPSA) is 52.1 Å². The van der Waals surface area contributed by atoms with Gasteiger partial charge >= 0.3 is 5.97 Å². The van der Waals surface area contributed by atoms with Crippen LogP contribution in [0.15, 0.2) is 6.33 Å². The summed E-state index contributed by atoms with van der Waals surface area (Å²) in [5, 5.41) is 0.304. The Morgan fingerprint density at radius 2 is 2.31 bits per heavy atom. The maximum Gasteiger partial charge on any atom is 0.357 e. The van der Waals surface area contributed by atoms with Gasteiger partial charge in [-0.1, -0.05) is 18.5 Å². The molecule has 0 bridgehead atoms. The number of hydrogen-bond donors (Lipinski definition) is 0. The molecule has 13 heavy (non-hydrogen) atoms. The first-order valence-electron chi connectivity index (χ1n) is 3.78. The first-order valence-corrected chi connectivity index (χ1v) is 4.16. The minimum absolute atomic E-state index is 0.241. The molecule has 5 heteroatoms. The average molecular weight is 201 g/mol. The van der Waals surface area contributed by atoms with E-state index in [-0.39, 0.29) is 5.69 Å². The van der Waals surface area contributed by atoms with E-state index in [1.165, 1.54) is 13.4 Å². The molecule has 0 saturated heterocycles. The molecule has 1 aromatic heterocycles. The van der Waals surface area contributed by atoms with E-state index in [0.29, 0.717) is 17.1 Å². The monoisotopic (exact) mass is 200 g/mol. The van der Waals surface area contributed by atoms with Gasteiger partial charge in [-0.2, -0.15) is 0 Å². The van der Waals surface area contributed by atoms with E-state index >= 15 is 0 Å². The quantitative estimate of drug-likeness (QED) is 0.536. The Kier molecular flexibility index (Phi) is 3.19. The minimum atomic E-state index is -0.485. The van der Waals surface area contributed by atoms with Crippen molar-refractivity contribution < 1.29 is 9.53 Å². The zero-order valence-electron chi connectivity index (χ0n) is 7.37. The van der Waals surface area contributed by atoms with Gasteiger partial charge in [-0.15, -0.1) is 0 Å². The Bertz CT molecular complexity index is 328. The molecule has 1 aromatic rings. The van der Waals surface area contributed by atoms with Crippen molar-refractivity contribution in [2.75, 3.05) is 7.11 Å². The second kappa shape index (κ2) is 4.18. The summed E-state index contributed by atoms with van der Waals surface area (Å²) in [4.78, 5) is 18.8. The van der Waals surface area contributed by atoms with Crippen LogP contribution >= 0.6 is 11.6 Å². The largest absolute Gasteiger partial charge is 0.464 e. The van der Waals surface area contributed by atoms with Gasteiger partial charge in [-0.3, -0.25) is 0 Å². The average Bonchev–Trinajstić information content (AvgIpc) is 2.16. The van der Waals surface area contributed by atoms with Crippen LogP contribution in [0.2, 0.25) is 5.15 Å². The molecule has 0 spiro atoms. The molecular formula is C8H9ClN2O2. The van der Waals surface area contributed by atoms with Crippen molar-refractivity contribution in [3.05, 3.63) is 22.7 Å². The summed E-state index contributed by atoms with van der Waals surface area (Å²) in [5.41, 5.74) is 0.862. The number of carbonyl (C=O) groups excluding carboxylic acids is 1. The van der Waals surface area contributed by atoms with Crippen molar-refractivity contribution in [3.63, 3.8) is 0 Å². The van der Waals surface area contributed by atoms with Crippen LogP contribution in [-0.4, -0.2) is 23.0 Å². The van der Waals surface area contributed by atoms with E-state index in [1.54, 1.807) is 0 Å². The van der Waals surface area contributed by atoms with Crippen LogP contribution in [0.3, 0.4) is 0 Å². The van der Waals surface area contributed by atoms with Gasteiger partial charge in [0.1, 0.15) is 11.5 Å². The lowest BCUT2D eigenvalue weighted by Gasteiger charge is -2.04. The van der Waals surface area contributed by atoms with Crippen LogP contribution in [0.25, 0.3) is 0 Å². The van der Waals surface area contributed by atoms with Gasteiger partial charge < -0.3 is 4.74 Å². The van der Waals surface area contributed by atoms with Gasteiger partial charge in [-0.25, -0.2) is 14.8 Å². The number of halogens is 1. The van der Waals surface area contributed by atoms with Gasteiger partial charge in [-0.05, 0) is 6.42 Å². The van der Waals surface area contributed by atoms with Crippen LogP contribution in [-0.2, 0) is 11.2 Å². The van der Waals surface area contributed by atoms with Crippen molar-refractivity contribution in [1.29, 1.82) is 0 Å². The van der Waals surface area contributed by atoms with E-state index in [4.69, 9.17) is 11.6 Å². The summed E-state index contributed by atoms with van der Waals surface area (Å²) >= 11 is 5.77. The van der Waals surface area contributed by atoms with Crippen molar-refractivity contribution >= 4 is 17.6 Å². The van der Waals surface area contributed by atoms with Crippen LogP contribution < -0.4 is 0 Å². The van der Waals surface area contributed by atoms with Crippen LogP contribution in [0.4, 0.5) is 0 Å². The predicted octanol–water partition coefficient (Wildman–Crippen LogP) is 1.48. The third kappa shape index (κ3) is 1.95. The molecule has 0 aromatic carbocycles. The molecular weight excluding hydrogens is 192 g/mol. The minimum Gasteiger partial charge on any atom is -0.464 e. The fourth-order valence-electron chi connectivity index (χ4n) is 0.977. The van der Waals surface area contributed by atoms with Gasteiger partial charge in [0.15, 0.2) is 5.69 Å². The van der Waals surface area contributed by atoms with E-state index in [9.17, 15) is 4.79 Å². The van der Waals surface area contributed by atoms with E-state index in [2.05, 4.69) is 14.7 Å². The highest BCUT2D eigenvalue weighted by Crippen LogP contribution is 2.16. The number of methoxy groups -OCH3 is 1. The molecule has 0 atom stereocenters. The van der Waals surface area contributed by atoms with Gasteiger partial charge in [0.05, 0.1) is 7.11 Å². The molecule has 4 nitrogen and oxygen atoms in total. The number of carbonyl (C=O) groups is 1. The Labute approximate surface area is 80.9 Å². The van der Waals surface area contributed by atoms with Crippen molar-refractivity contribution in [2.45, 2.75) is 13.3 Å². The lowest BCUT2D eigenvalue weighted by molar-refractivity contribution is 0.0592. The molecule has 0 aliphatic rings. The number of hydrogen-bond acceptors (Lipinski definition) is 4. The number of rotatable bonds is 2. The fourth-order valence-corrected chi connectivity index (χ4v) is 1.24. The molecule has 0 aliphatic heterocycles. The second-order valence-electron chi connectivity index (χ2n) is 2.34. The second-order valence-corrected chi connectivity index (χ2v) is 2.69. The van der Waals surface area contributed by atoms with Gasteiger partial charge in [0.2, 0.25) is 0 Å². The Hall–Kier alpha value is -1.16. The SMILES string of the molecule is CCc1c(Cl)ncnc1C(=O)OC. The number of nitrogens with zero attached hydrogens (tertiary/aromatic N) is 2. The summed E-state index contributed by atoms with van der Waals surface area (Å²) in [6.07, 6.45) is 1.85. The van der Waals surface area contributed by atoms with Crippen LogP contribution in [0, 0.1) is 0 Å². The summed E-state index contributed by atoms with van der Waals surface area (Å²) in [6.45, 7) is 1.87. The summed E-state index contributed by atoms with van der Waals surface area (Å²) < 4.78 is 4.55. The predicted molar refractivity (Wildman–Crippen MR) is 47.8 cm³/mol. The molecule has 0 radical (unpaired) electrons. The molecule has 1 rings (SSSR count). The molecule has 1 heterocycles. The van der Waals surface area contributed by atoms with Gasteiger partial charge in [0.25, 0.3) is 0 Å². The lowest BCUT2D eigenvalue weighted by Crippen LogP contribution is -2.09. The fraction of sp³-hybridized carbons (Fsp3) is 0.375. The van der Waals surface area contributed by atoms with Crippen molar-refractivity contribution in [3.8, 4) is 0 Å². The highest BCUT2D eigenvalue weighted by Gasteiger charge is 2.15. The molecule has 0 N–H and O–H groups in total. The molecule has 0 aliphatic carbocycles. The highest BCUT2D eigenvalue weighted by atomic mass is 35.5. The highest BCUT2D eigenvalue weighted by molar-refractivity contribution is 6.30. The third-order valence-corrected chi connectivity index (χ3v) is 1.95. The van der Waals surface area contributed by atoms with Crippen molar-refractivity contribution in [2.24, 2.45) is 0 Å². The summed E-state index contributed by atoms with van der Waals surface area (Å²) in [6, 6.07) is 0. The zero-order valence-corrected chi connectivity index (χ0v) is 8.13. The van der Waals surface area contributed by atoms with Crippen molar-refractivity contribution in [1.82, 2.24) is 9.97 Å². The smallest absolute Gasteiger partial charge is 0.357 e. The lowest BCUT2D eigenvalue weighted by atomic mass is 10.2. The normalized spacial score (nSPS) is 9.77. The molecule has 0 saturated carbocycles. The molecule has 70 valence electrons. The Balaban J connectivity index is 3.20. The number of aromatic nitrogens is 2. The van der Waals surface area contributed by atoms with E-state index in [0.717, 1.165) is 0 Å². The third-order valence-electron chi connectivity index (χ3n) is 1.63. The summed E-state index contributed by atoms with van der Waals surface area (Å²) in [7, 11) is 1.30.